The van der Waals surface area contributed by atoms with Crippen molar-refractivity contribution in [1.29, 1.82) is 0 Å². The fourth-order valence-electron chi connectivity index (χ4n) is 5.70. The highest BCUT2D eigenvalue weighted by Gasteiger charge is 2.65. The SMILES string of the molecule is Cc1ccc(S(=O)(=O)N2CC3CON(Cc4ccccc4)C3[C@H]3O[C@@H]4OC(C)(C)O[C@@H]4[C@@H]32)cc1. The van der Waals surface area contributed by atoms with Crippen molar-refractivity contribution < 1.29 is 27.5 Å². The van der Waals surface area contributed by atoms with Gasteiger partial charge in [-0.2, -0.15) is 9.37 Å². The summed E-state index contributed by atoms with van der Waals surface area (Å²) in [6.45, 7) is 6.97. The normalized spacial score (nSPS) is 35.1. The molecule has 2 aromatic rings. The van der Waals surface area contributed by atoms with Gasteiger partial charge in [-0.15, -0.1) is 0 Å². The Morgan fingerprint density at radius 1 is 0.971 bits per heavy atom. The van der Waals surface area contributed by atoms with Crippen LogP contribution in [0.25, 0.3) is 0 Å². The molecule has 2 unspecified atom stereocenters. The first-order valence-electron chi connectivity index (χ1n) is 11.8. The number of hydrogen-bond acceptors (Lipinski definition) is 7. The minimum absolute atomic E-state index is 0.0305. The van der Waals surface area contributed by atoms with Gasteiger partial charge in [0.15, 0.2) is 12.1 Å². The predicted molar refractivity (Wildman–Crippen MR) is 123 cm³/mol. The second-order valence-electron chi connectivity index (χ2n) is 10.1. The van der Waals surface area contributed by atoms with Crippen molar-refractivity contribution in [2.24, 2.45) is 5.92 Å². The zero-order valence-electron chi connectivity index (χ0n) is 19.5. The minimum Gasteiger partial charge on any atom is -0.343 e. The fraction of sp³-hybridized carbons (Fsp3) is 0.520. The van der Waals surface area contributed by atoms with Gasteiger partial charge in [-0.25, -0.2) is 8.42 Å². The van der Waals surface area contributed by atoms with E-state index in [0.29, 0.717) is 19.7 Å². The highest BCUT2D eigenvalue weighted by Crippen LogP contribution is 2.47. The molecule has 0 spiro atoms. The summed E-state index contributed by atoms with van der Waals surface area (Å²) in [7, 11) is -3.78. The Morgan fingerprint density at radius 2 is 1.71 bits per heavy atom. The lowest BCUT2D eigenvalue weighted by molar-refractivity contribution is -0.232. The fourth-order valence-corrected chi connectivity index (χ4v) is 7.40. The highest BCUT2D eigenvalue weighted by molar-refractivity contribution is 7.89. The smallest absolute Gasteiger partial charge is 0.243 e. The van der Waals surface area contributed by atoms with Gasteiger partial charge in [0, 0.05) is 19.0 Å². The van der Waals surface area contributed by atoms with Gasteiger partial charge in [-0.05, 0) is 38.5 Å². The molecule has 182 valence electrons. The van der Waals surface area contributed by atoms with Crippen LogP contribution in [0.5, 0.6) is 0 Å². The summed E-state index contributed by atoms with van der Waals surface area (Å²) in [5, 5.41) is 1.96. The first-order valence-corrected chi connectivity index (χ1v) is 13.2. The number of aryl methyl sites for hydroxylation is 1. The van der Waals surface area contributed by atoms with Crippen molar-refractivity contribution in [1.82, 2.24) is 9.37 Å². The van der Waals surface area contributed by atoms with E-state index in [0.717, 1.165) is 11.1 Å². The highest BCUT2D eigenvalue weighted by atomic mass is 32.2. The molecular weight excluding hydrogens is 456 g/mol. The van der Waals surface area contributed by atoms with Crippen molar-refractivity contribution in [3.8, 4) is 0 Å². The second-order valence-corrected chi connectivity index (χ2v) is 11.9. The first kappa shape index (κ1) is 22.6. The molecule has 0 N–H and O–H groups in total. The van der Waals surface area contributed by atoms with Crippen molar-refractivity contribution in [3.63, 3.8) is 0 Å². The van der Waals surface area contributed by atoms with E-state index in [9.17, 15) is 8.42 Å². The lowest BCUT2D eigenvalue weighted by Gasteiger charge is -2.44. The number of ether oxygens (including phenoxy) is 3. The van der Waals surface area contributed by atoms with E-state index < -0.39 is 40.4 Å². The van der Waals surface area contributed by atoms with Crippen LogP contribution in [0.15, 0.2) is 59.5 Å². The lowest BCUT2D eigenvalue weighted by atomic mass is 9.86. The Balaban J connectivity index is 1.36. The molecular formula is C25H30N2O6S. The summed E-state index contributed by atoms with van der Waals surface area (Å²) >= 11 is 0. The van der Waals surface area contributed by atoms with Crippen LogP contribution in [-0.2, 0) is 35.6 Å². The first-order chi connectivity index (χ1) is 16.2. The van der Waals surface area contributed by atoms with E-state index in [2.05, 4.69) is 12.1 Å². The number of hydroxylamine groups is 2. The maximum Gasteiger partial charge on any atom is 0.243 e. The number of rotatable bonds is 4. The molecule has 8 nitrogen and oxygen atoms in total. The van der Waals surface area contributed by atoms with Crippen LogP contribution in [0.1, 0.15) is 25.0 Å². The van der Waals surface area contributed by atoms with Gasteiger partial charge < -0.3 is 14.2 Å². The van der Waals surface area contributed by atoms with E-state index in [-0.39, 0.29) is 16.9 Å². The third-order valence-corrected chi connectivity index (χ3v) is 9.09. The zero-order chi connectivity index (χ0) is 23.7. The molecule has 0 radical (unpaired) electrons. The number of sulfonamides is 1. The van der Waals surface area contributed by atoms with Gasteiger partial charge in [-0.1, -0.05) is 48.0 Å². The summed E-state index contributed by atoms with van der Waals surface area (Å²) in [5.41, 5.74) is 2.14. The molecule has 0 amide bonds. The molecule has 6 rings (SSSR count). The molecule has 34 heavy (non-hydrogen) atoms. The van der Waals surface area contributed by atoms with Crippen molar-refractivity contribution in [2.75, 3.05) is 13.2 Å². The summed E-state index contributed by atoms with van der Waals surface area (Å²) in [4.78, 5) is 6.38. The average molecular weight is 487 g/mol. The molecule has 0 aliphatic carbocycles. The van der Waals surface area contributed by atoms with Gasteiger partial charge in [0.05, 0.1) is 29.7 Å². The number of benzene rings is 2. The van der Waals surface area contributed by atoms with Crippen LogP contribution < -0.4 is 0 Å². The Morgan fingerprint density at radius 3 is 2.44 bits per heavy atom. The third kappa shape index (κ3) is 3.71. The average Bonchev–Trinajstić information content (AvgIpc) is 3.44. The summed E-state index contributed by atoms with van der Waals surface area (Å²) < 4.78 is 48.0. The van der Waals surface area contributed by atoms with E-state index in [1.165, 1.54) is 0 Å². The zero-order valence-corrected chi connectivity index (χ0v) is 20.4. The molecule has 6 atom stereocenters. The Hall–Kier alpha value is -1.85. The summed E-state index contributed by atoms with van der Waals surface area (Å²) in [5.74, 6) is -0.871. The second kappa shape index (κ2) is 8.09. The van der Waals surface area contributed by atoms with Gasteiger partial charge in [0.25, 0.3) is 0 Å². The van der Waals surface area contributed by atoms with Crippen LogP contribution in [0.3, 0.4) is 0 Å². The van der Waals surface area contributed by atoms with Gasteiger partial charge in [0.2, 0.25) is 10.0 Å². The Kier molecular flexibility index (Phi) is 5.38. The number of piperidine rings is 1. The molecule has 4 aliphatic rings. The van der Waals surface area contributed by atoms with E-state index in [4.69, 9.17) is 19.0 Å². The predicted octanol–water partition coefficient (Wildman–Crippen LogP) is 2.68. The van der Waals surface area contributed by atoms with E-state index in [1.807, 2.05) is 56.2 Å². The summed E-state index contributed by atoms with van der Waals surface area (Å²) in [6, 6.07) is 16.5. The van der Waals surface area contributed by atoms with Crippen LogP contribution >= 0.6 is 0 Å². The maximum absolute atomic E-state index is 13.9. The van der Waals surface area contributed by atoms with Crippen LogP contribution in [-0.4, -0.2) is 67.3 Å². The minimum atomic E-state index is -3.78. The number of fused-ring (bicyclic) bond motifs is 5. The monoisotopic (exact) mass is 486 g/mol. The van der Waals surface area contributed by atoms with Gasteiger partial charge in [0.1, 0.15) is 6.10 Å². The quantitative estimate of drug-likeness (QED) is 0.658. The number of nitrogens with zero attached hydrogens (tertiary/aromatic N) is 2. The molecule has 0 aromatic heterocycles. The Bertz CT molecular complexity index is 1160. The molecule has 0 saturated carbocycles. The Labute approximate surface area is 200 Å². The summed E-state index contributed by atoms with van der Waals surface area (Å²) in [6.07, 6.45) is -1.57. The van der Waals surface area contributed by atoms with E-state index >= 15 is 0 Å². The molecule has 4 aliphatic heterocycles. The third-order valence-electron chi connectivity index (χ3n) is 7.21. The van der Waals surface area contributed by atoms with Crippen molar-refractivity contribution >= 4 is 10.0 Å². The maximum atomic E-state index is 13.9. The molecule has 0 bridgehead atoms. The number of hydrogen-bond donors (Lipinski definition) is 0. The standard InChI is InChI=1S/C25H30N2O6S/c1-16-9-11-19(12-10-16)34(28,29)27-14-18-15-30-26(13-17-7-5-4-6-8-17)20(18)22-21(27)23-24(31-22)33-25(2,3)32-23/h4-12,18,20-24H,13-15H2,1-3H3/t18?,20?,21-,22-,23-,24-/m1/s1. The van der Waals surface area contributed by atoms with Gasteiger partial charge in [-0.3, -0.25) is 4.84 Å². The van der Waals surface area contributed by atoms with Crippen molar-refractivity contribution in [3.05, 3.63) is 65.7 Å². The molecule has 4 saturated heterocycles. The van der Waals surface area contributed by atoms with E-state index in [1.54, 1.807) is 16.4 Å². The molecule has 9 heteroatoms. The lowest BCUT2D eigenvalue weighted by Crippen LogP contribution is -2.63. The van der Waals surface area contributed by atoms with Crippen LogP contribution in [0, 0.1) is 12.8 Å². The molecule has 2 aromatic carbocycles. The molecule has 4 heterocycles. The largest absolute Gasteiger partial charge is 0.343 e. The van der Waals surface area contributed by atoms with Crippen LogP contribution in [0.2, 0.25) is 0 Å². The van der Waals surface area contributed by atoms with Gasteiger partial charge >= 0.3 is 0 Å². The topological polar surface area (TPSA) is 77.5 Å². The van der Waals surface area contributed by atoms with Crippen molar-refractivity contribution in [2.45, 2.75) is 68.6 Å². The van der Waals surface area contributed by atoms with Crippen LogP contribution in [0.4, 0.5) is 0 Å². The molecule has 4 fully saturated rings.